The van der Waals surface area contributed by atoms with Gasteiger partial charge in [-0.3, -0.25) is 9.88 Å². The first kappa shape index (κ1) is 17.5. The van der Waals surface area contributed by atoms with Crippen LogP contribution < -0.4 is 10.1 Å². The molecule has 2 rings (SSSR count). The highest BCUT2D eigenvalue weighted by atomic mass is 16.5. The van der Waals surface area contributed by atoms with Crippen LogP contribution in [0, 0.1) is 0 Å². The zero-order valence-corrected chi connectivity index (χ0v) is 14.8. The first-order valence-electron chi connectivity index (χ1n) is 8.60. The molecule has 0 aliphatic heterocycles. The second-order valence-corrected chi connectivity index (χ2v) is 5.97. The molecule has 0 fully saturated rings. The number of ether oxygens (including phenoxy) is 1. The molecule has 0 bridgehead atoms. The Labute approximate surface area is 139 Å². The molecule has 0 amide bonds. The van der Waals surface area contributed by atoms with Gasteiger partial charge in [0.25, 0.3) is 0 Å². The van der Waals surface area contributed by atoms with E-state index in [9.17, 15) is 0 Å². The molecule has 2 aromatic rings. The van der Waals surface area contributed by atoms with Gasteiger partial charge in [-0.15, -0.1) is 0 Å². The maximum absolute atomic E-state index is 5.41. The lowest BCUT2D eigenvalue weighted by Crippen LogP contribution is -2.37. The number of benzene rings is 1. The molecule has 4 nitrogen and oxygen atoms in total. The van der Waals surface area contributed by atoms with E-state index in [-0.39, 0.29) is 0 Å². The Kier molecular flexibility index (Phi) is 6.66. The normalized spacial score (nSPS) is 12.6. The van der Waals surface area contributed by atoms with Crippen molar-refractivity contribution in [1.82, 2.24) is 9.88 Å². The number of fused-ring (bicyclic) bond motifs is 1. The molecule has 23 heavy (non-hydrogen) atoms. The van der Waals surface area contributed by atoms with Crippen molar-refractivity contribution in [1.29, 1.82) is 0 Å². The molecule has 0 aliphatic carbocycles. The molecular formula is C19H29N3O. The average Bonchev–Trinajstić information content (AvgIpc) is 2.59. The molecular weight excluding hydrogens is 286 g/mol. The van der Waals surface area contributed by atoms with Crippen molar-refractivity contribution in [2.24, 2.45) is 0 Å². The van der Waals surface area contributed by atoms with Crippen LogP contribution in [0.2, 0.25) is 0 Å². The lowest BCUT2D eigenvalue weighted by Gasteiger charge is -2.28. The minimum atomic E-state index is 0.622. The van der Waals surface area contributed by atoms with Gasteiger partial charge in [0, 0.05) is 36.8 Å². The third kappa shape index (κ3) is 4.58. The van der Waals surface area contributed by atoms with Crippen LogP contribution in [0.4, 0.5) is 5.69 Å². The summed E-state index contributed by atoms with van der Waals surface area (Å²) in [5.41, 5.74) is 2.04. The van der Waals surface area contributed by atoms with Gasteiger partial charge in [0.15, 0.2) is 0 Å². The van der Waals surface area contributed by atoms with Gasteiger partial charge in [-0.05, 0) is 38.4 Å². The monoisotopic (exact) mass is 315 g/mol. The van der Waals surface area contributed by atoms with Gasteiger partial charge in [0.2, 0.25) is 0 Å². The highest BCUT2D eigenvalue weighted by Crippen LogP contribution is 2.27. The van der Waals surface area contributed by atoms with E-state index in [0.29, 0.717) is 6.04 Å². The SMILES string of the molecule is CCCN(CCNc1cc(OC)cc2cccnc12)[C@@H](C)CC. The predicted molar refractivity (Wildman–Crippen MR) is 98.4 cm³/mol. The standard InChI is InChI=1S/C19H29N3O/c1-5-11-22(15(3)6-2)12-10-20-18-14-17(23-4)13-16-8-7-9-21-19(16)18/h7-9,13-15,20H,5-6,10-12H2,1-4H3/t15-/m0/s1. The van der Waals surface area contributed by atoms with E-state index in [1.807, 2.05) is 24.4 Å². The van der Waals surface area contributed by atoms with Crippen molar-refractivity contribution in [3.05, 3.63) is 30.5 Å². The van der Waals surface area contributed by atoms with Crippen molar-refractivity contribution in [3.63, 3.8) is 0 Å². The van der Waals surface area contributed by atoms with Crippen LogP contribution in [0.1, 0.15) is 33.6 Å². The van der Waals surface area contributed by atoms with Gasteiger partial charge >= 0.3 is 0 Å². The smallest absolute Gasteiger partial charge is 0.121 e. The van der Waals surface area contributed by atoms with Crippen molar-refractivity contribution in [2.45, 2.75) is 39.7 Å². The Morgan fingerprint density at radius 1 is 1.26 bits per heavy atom. The maximum atomic E-state index is 5.41. The molecule has 0 aliphatic rings. The van der Waals surface area contributed by atoms with Crippen molar-refractivity contribution >= 4 is 16.6 Å². The number of anilines is 1. The molecule has 0 unspecified atom stereocenters. The Balaban J connectivity index is 2.09. The van der Waals surface area contributed by atoms with Crippen LogP contribution in [-0.2, 0) is 0 Å². The number of rotatable bonds is 9. The molecule has 0 saturated heterocycles. The minimum absolute atomic E-state index is 0.622. The molecule has 0 spiro atoms. The zero-order chi connectivity index (χ0) is 16.7. The Hall–Kier alpha value is -1.81. The molecule has 1 N–H and O–H groups in total. The Morgan fingerprint density at radius 2 is 2.09 bits per heavy atom. The third-order valence-electron chi connectivity index (χ3n) is 4.35. The van der Waals surface area contributed by atoms with E-state index in [0.717, 1.165) is 42.0 Å². The Bertz CT molecular complexity index is 615. The summed E-state index contributed by atoms with van der Waals surface area (Å²) in [6.07, 6.45) is 4.21. The van der Waals surface area contributed by atoms with Gasteiger partial charge in [0.1, 0.15) is 5.75 Å². The zero-order valence-electron chi connectivity index (χ0n) is 14.8. The topological polar surface area (TPSA) is 37.4 Å². The highest BCUT2D eigenvalue weighted by molar-refractivity contribution is 5.91. The molecule has 1 aromatic heterocycles. The van der Waals surface area contributed by atoms with E-state index < -0.39 is 0 Å². The molecule has 126 valence electrons. The molecule has 0 saturated carbocycles. The number of hydrogen-bond donors (Lipinski definition) is 1. The van der Waals surface area contributed by atoms with Crippen LogP contribution in [0.3, 0.4) is 0 Å². The predicted octanol–water partition coefficient (Wildman–Crippen LogP) is 4.17. The summed E-state index contributed by atoms with van der Waals surface area (Å²) in [5.74, 6) is 0.861. The fourth-order valence-electron chi connectivity index (χ4n) is 2.85. The number of methoxy groups -OCH3 is 1. The van der Waals surface area contributed by atoms with Crippen LogP contribution in [-0.4, -0.2) is 42.7 Å². The second kappa shape index (κ2) is 8.73. The summed E-state index contributed by atoms with van der Waals surface area (Å²) in [6, 6.07) is 8.70. The average molecular weight is 315 g/mol. The van der Waals surface area contributed by atoms with Crippen molar-refractivity contribution in [3.8, 4) is 5.75 Å². The first-order chi connectivity index (χ1) is 11.2. The van der Waals surface area contributed by atoms with Gasteiger partial charge in [-0.2, -0.15) is 0 Å². The van der Waals surface area contributed by atoms with Crippen molar-refractivity contribution in [2.75, 3.05) is 32.1 Å². The van der Waals surface area contributed by atoms with Crippen LogP contribution in [0.15, 0.2) is 30.5 Å². The summed E-state index contributed by atoms with van der Waals surface area (Å²) in [4.78, 5) is 7.05. The fourth-order valence-corrected chi connectivity index (χ4v) is 2.85. The summed E-state index contributed by atoms with van der Waals surface area (Å²) in [7, 11) is 1.70. The summed E-state index contributed by atoms with van der Waals surface area (Å²) < 4.78 is 5.41. The summed E-state index contributed by atoms with van der Waals surface area (Å²) >= 11 is 0. The van der Waals surface area contributed by atoms with Crippen LogP contribution in [0.5, 0.6) is 5.75 Å². The number of nitrogens with zero attached hydrogens (tertiary/aromatic N) is 2. The Morgan fingerprint density at radius 3 is 2.78 bits per heavy atom. The van der Waals surface area contributed by atoms with E-state index in [4.69, 9.17) is 4.74 Å². The minimum Gasteiger partial charge on any atom is -0.497 e. The summed E-state index contributed by atoms with van der Waals surface area (Å²) in [6.45, 7) is 9.88. The molecule has 1 aromatic carbocycles. The fraction of sp³-hybridized carbons (Fsp3) is 0.526. The van der Waals surface area contributed by atoms with Gasteiger partial charge in [0.05, 0.1) is 18.3 Å². The van der Waals surface area contributed by atoms with Gasteiger partial charge < -0.3 is 10.1 Å². The number of nitrogens with one attached hydrogen (secondary N) is 1. The lowest BCUT2D eigenvalue weighted by atomic mass is 10.1. The summed E-state index contributed by atoms with van der Waals surface area (Å²) in [5, 5.41) is 4.64. The first-order valence-corrected chi connectivity index (χ1v) is 8.60. The quantitative estimate of drug-likeness (QED) is 0.754. The van der Waals surface area contributed by atoms with E-state index in [1.165, 1.54) is 12.8 Å². The van der Waals surface area contributed by atoms with Crippen LogP contribution >= 0.6 is 0 Å². The third-order valence-corrected chi connectivity index (χ3v) is 4.35. The van der Waals surface area contributed by atoms with E-state index >= 15 is 0 Å². The number of hydrogen-bond acceptors (Lipinski definition) is 4. The highest BCUT2D eigenvalue weighted by Gasteiger charge is 2.11. The van der Waals surface area contributed by atoms with Crippen LogP contribution in [0.25, 0.3) is 10.9 Å². The number of aromatic nitrogens is 1. The molecule has 1 heterocycles. The van der Waals surface area contributed by atoms with E-state index in [1.54, 1.807) is 7.11 Å². The maximum Gasteiger partial charge on any atom is 0.121 e. The van der Waals surface area contributed by atoms with Gasteiger partial charge in [-0.25, -0.2) is 0 Å². The van der Waals surface area contributed by atoms with Crippen molar-refractivity contribution < 1.29 is 4.74 Å². The second-order valence-electron chi connectivity index (χ2n) is 5.97. The van der Waals surface area contributed by atoms with Gasteiger partial charge in [-0.1, -0.05) is 19.9 Å². The largest absolute Gasteiger partial charge is 0.497 e. The lowest BCUT2D eigenvalue weighted by molar-refractivity contribution is 0.212. The molecule has 1 atom stereocenters. The molecule has 4 heteroatoms. The van der Waals surface area contributed by atoms with E-state index in [2.05, 4.69) is 42.0 Å². The molecule has 0 radical (unpaired) electrons. The number of pyridine rings is 1.